The summed E-state index contributed by atoms with van der Waals surface area (Å²) in [5, 5.41) is 0. The fourth-order valence-corrected chi connectivity index (χ4v) is 1.38. The Hall–Kier alpha value is -0.570. The van der Waals surface area contributed by atoms with Crippen LogP contribution in [0, 0.1) is 0 Å². The Morgan fingerprint density at radius 1 is 1.20 bits per heavy atom. The minimum absolute atomic E-state index is 0.0883. The molecule has 0 fully saturated rings. The van der Waals surface area contributed by atoms with Crippen molar-refractivity contribution in [3.8, 4) is 0 Å². The van der Waals surface area contributed by atoms with Gasteiger partial charge in [0.2, 0.25) is 0 Å². The Kier molecular flexibility index (Phi) is 6.57. The van der Waals surface area contributed by atoms with Crippen molar-refractivity contribution < 1.29 is 9.53 Å². The maximum Gasteiger partial charge on any atom is 0.306 e. The van der Waals surface area contributed by atoms with Gasteiger partial charge in [0.15, 0.2) is 0 Å². The predicted octanol–water partition coefficient (Wildman–Crippen LogP) is 2.45. The lowest BCUT2D eigenvalue weighted by atomic mass is 10.2. The van der Waals surface area contributed by atoms with Crippen LogP contribution in [0.25, 0.3) is 0 Å². The summed E-state index contributed by atoms with van der Waals surface area (Å²) in [5.41, 5.74) is -0.355. The highest BCUT2D eigenvalue weighted by atomic mass is 16.6. The van der Waals surface area contributed by atoms with E-state index < -0.39 is 0 Å². The molecule has 3 nitrogen and oxygen atoms in total. The van der Waals surface area contributed by atoms with Crippen molar-refractivity contribution in [3.63, 3.8) is 0 Å². The molecule has 0 N–H and O–H groups in total. The summed E-state index contributed by atoms with van der Waals surface area (Å²) >= 11 is 0. The molecule has 15 heavy (non-hydrogen) atoms. The largest absolute Gasteiger partial charge is 0.460 e. The van der Waals surface area contributed by atoms with Crippen molar-refractivity contribution in [2.75, 3.05) is 19.6 Å². The van der Waals surface area contributed by atoms with E-state index in [1.807, 2.05) is 20.8 Å². The normalized spacial score (nSPS) is 11.9. The molecule has 90 valence electrons. The highest BCUT2D eigenvalue weighted by Crippen LogP contribution is 2.09. The third-order valence-corrected chi connectivity index (χ3v) is 2.17. The Balaban J connectivity index is 3.64. The number of carbonyl (C=O) groups is 1. The van der Waals surface area contributed by atoms with Gasteiger partial charge in [-0.25, -0.2) is 0 Å². The fraction of sp³-hybridized carbons (Fsp3) is 0.917. The molecule has 0 bridgehead atoms. The standard InChI is InChI=1S/C12H25NO2/c1-6-13(7-2)10-8-9-11(14)15-12(3,4)5/h6-10H2,1-5H3. The lowest BCUT2D eigenvalue weighted by molar-refractivity contribution is -0.154. The average molecular weight is 215 g/mol. The molecule has 0 aromatic heterocycles. The molecule has 0 amide bonds. The Labute approximate surface area is 93.8 Å². The molecule has 0 heterocycles. The third-order valence-electron chi connectivity index (χ3n) is 2.17. The maximum atomic E-state index is 11.4. The molecule has 0 aromatic carbocycles. The summed E-state index contributed by atoms with van der Waals surface area (Å²) in [6, 6.07) is 0. The van der Waals surface area contributed by atoms with E-state index >= 15 is 0 Å². The Morgan fingerprint density at radius 3 is 2.13 bits per heavy atom. The average Bonchev–Trinajstić information content (AvgIpc) is 2.09. The number of rotatable bonds is 6. The number of carbonyl (C=O) groups excluding carboxylic acids is 1. The van der Waals surface area contributed by atoms with Crippen LogP contribution in [0.1, 0.15) is 47.5 Å². The molecule has 0 spiro atoms. The zero-order valence-electron chi connectivity index (χ0n) is 10.8. The van der Waals surface area contributed by atoms with Crippen molar-refractivity contribution in [2.24, 2.45) is 0 Å². The minimum Gasteiger partial charge on any atom is -0.460 e. The zero-order valence-corrected chi connectivity index (χ0v) is 10.8. The van der Waals surface area contributed by atoms with Gasteiger partial charge in [0.1, 0.15) is 5.60 Å². The van der Waals surface area contributed by atoms with Crippen LogP contribution in [0.15, 0.2) is 0 Å². The highest BCUT2D eigenvalue weighted by molar-refractivity contribution is 5.69. The second-order valence-electron chi connectivity index (χ2n) is 4.72. The van der Waals surface area contributed by atoms with Crippen LogP contribution in [0.3, 0.4) is 0 Å². The van der Waals surface area contributed by atoms with Crippen molar-refractivity contribution in [2.45, 2.75) is 53.1 Å². The molecule has 0 aromatic rings. The summed E-state index contributed by atoms with van der Waals surface area (Å²) in [6.07, 6.45) is 1.41. The van der Waals surface area contributed by atoms with Crippen LogP contribution in [0.4, 0.5) is 0 Å². The van der Waals surface area contributed by atoms with E-state index in [-0.39, 0.29) is 11.6 Å². The Morgan fingerprint density at radius 2 is 1.73 bits per heavy atom. The Bertz CT molecular complexity index is 181. The molecule has 0 saturated carbocycles. The van der Waals surface area contributed by atoms with E-state index in [0.717, 1.165) is 26.1 Å². The lowest BCUT2D eigenvalue weighted by Crippen LogP contribution is -2.26. The van der Waals surface area contributed by atoms with E-state index in [9.17, 15) is 4.79 Å². The molecule has 0 aliphatic rings. The summed E-state index contributed by atoms with van der Waals surface area (Å²) < 4.78 is 5.23. The van der Waals surface area contributed by atoms with Crippen LogP contribution in [-0.2, 0) is 9.53 Å². The number of hydrogen-bond acceptors (Lipinski definition) is 3. The summed E-state index contributed by atoms with van der Waals surface area (Å²) in [4.78, 5) is 13.7. The molecule has 0 aliphatic carbocycles. The monoisotopic (exact) mass is 215 g/mol. The first-order valence-corrected chi connectivity index (χ1v) is 5.83. The minimum atomic E-state index is -0.355. The van der Waals surface area contributed by atoms with Crippen LogP contribution < -0.4 is 0 Å². The summed E-state index contributed by atoms with van der Waals surface area (Å²) in [7, 11) is 0. The van der Waals surface area contributed by atoms with Gasteiger partial charge >= 0.3 is 5.97 Å². The molecular formula is C12H25NO2. The van der Waals surface area contributed by atoms with Crippen molar-refractivity contribution in [3.05, 3.63) is 0 Å². The van der Waals surface area contributed by atoms with Gasteiger partial charge < -0.3 is 9.64 Å². The first-order chi connectivity index (χ1) is 6.89. The second-order valence-corrected chi connectivity index (χ2v) is 4.72. The predicted molar refractivity (Wildman–Crippen MR) is 62.9 cm³/mol. The van der Waals surface area contributed by atoms with Crippen molar-refractivity contribution in [1.29, 1.82) is 0 Å². The van der Waals surface area contributed by atoms with Crippen LogP contribution in [-0.4, -0.2) is 36.1 Å². The molecule has 0 atom stereocenters. The second kappa shape index (κ2) is 6.83. The highest BCUT2D eigenvalue weighted by Gasteiger charge is 2.15. The number of nitrogens with zero attached hydrogens (tertiary/aromatic N) is 1. The van der Waals surface area contributed by atoms with Gasteiger partial charge in [-0.15, -0.1) is 0 Å². The van der Waals surface area contributed by atoms with E-state index in [0.29, 0.717) is 6.42 Å². The van der Waals surface area contributed by atoms with Crippen LogP contribution in [0.5, 0.6) is 0 Å². The SMILES string of the molecule is CCN(CC)CCCC(=O)OC(C)(C)C. The summed E-state index contributed by atoms with van der Waals surface area (Å²) in [6.45, 7) is 13.0. The van der Waals surface area contributed by atoms with E-state index in [4.69, 9.17) is 4.74 Å². The molecule has 0 rings (SSSR count). The van der Waals surface area contributed by atoms with Gasteiger partial charge in [-0.1, -0.05) is 13.8 Å². The van der Waals surface area contributed by atoms with Crippen molar-refractivity contribution in [1.82, 2.24) is 4.90 Å². The molecule has 0 unspecified atom stereocenters. The van der Waals surface area contributed by atoms with E-state index in [2.05, 4.69) is 18.7 Å². The van der Waals surface area contributed by atoms with Crippen LogP contribution >= 0.6 is 0 Å². The summed E-state index contributed by atoms with van der Waals surface area (Å²) in [5.74, 6) is -0.0883. The number of ether oxygens (including phenoxy) is 1. The number of esters is 1. The maximum absolute atomic E-state index is 11.4. The zero-order chi connectivity index (χ0) is 11.9. The molecular weight excluding hydrogens is 190 g/mol. The van der Waals surface area contributed by atoms with Gasteiger partial charge in [0.05, 0.1) is 0 Å². The quantitative estimate of drug-likeness (QED) is 0.637. The first-order valence-electron chi connectivity index (χ1n) is 5.83. The lowest BCUT2D eigenvalue weighted by Gasteiger charge is -2.20. The molecule has 0 radical (unpaired) electrons. The van der Waals surface area contributed by atoms with Gasteiger partial charge in [-0.2, -0.15) is 0 Å². The number of hydrogen-bond donors (Lipinski definition) is 0. The van der Waals surface area contributed by atoms with Crippen LogP contribution in [0.2, 0.25) is 0 Å². The van der Waals surface area contributed by atoms with Gasteiger partial charge in [-0.05, 0) is 46.8 Å². The smallest absolute Gasteiger partial charge is 0.306 e. The molecule has 3 heteroatoms. The third kappa shape index (κ3) is 8.43. The van der Waals surface area contributed by atoms with Gasteiger partial charge in [-0.3, -0.25) is 4.79 Å². The topological polar surface area (TPSA) is 29.5 Å². The van der Waals surface area contributed by atoms with Gasteiger partial charge in [0, 0.05) is 6.42 Å². The van der Waals surface area contributed by atoms with E-state index in [1.54, 1.807) is 0 Å². The molecule has 0 saturated heterocycles. The first kappa shape index (κ1) is 14.4. The fourth-order valence-electron chi connectivity index (χ4n) is 1.38. The van der Waals surface area contributed by atoms with Gasteiger partial charge in [0.25, 0.3) is 0 Å². The van der Waals surface area contributed by atoms with E-state index in [1.165, 1.54) is 0 Å². The van der Waals surface area contributed by atoms with Crippen molar-refractivity contribution >= 4 is 5.97 Å². The molecule has 0 aliphatic heterocycles.